The molecule has 0 spiro atoms. The zero-order valence-electron chi connectivity index (χ0n) is 12.5. The lowest BCUT2D eigenvalue weighted by atomic mass is 9.98. The minimum Gasteiger partial charge on any atom is -0.480 e. The monoisotopic (exact) mass is 308 g/mol. The molecule has 0 aliphatic heterocycles. The van der Waals surface area contributed by atoms with Crippen molar-refractivity contribution in [3.8, 4) is 11.1 Å². The molecule has 0 radical (unpaired) electrons. The number of esters is 1. The van der Waals surface area contributed by atoms with Gasteiger partial charge in [0, 0.05) is 5.92 Å². The molecule has 1 fully saturated rings. The second-order valence-corrected chi connectivity index (χ2v) is 6.21. The molecule has 4 heteroatoms. The first-order valence-corrected chi connectivity index (χ1v) is 7.72. The number of aliphatic carboxylic acids is 1. The maximum absolute atomic E-state index is 12.1. The number of rotatable bonds is 4. The zero-order valence-corrected chi connectivity index (χ0v) is 12.5. The quantitative estimate of drug-likeness (QED) is 0.696. The van der Waals surface area contributed by atoms with Crippen LogP contribution in [0, 0.1) is 5.41 Å². The maximum Gasteiger partial charge on any atom is 0.323 e. The highest BCUT2D eigenvalue weighted by molar-refractivity contribution is 6.02. The van der Waals surface area contributed by atoms with Gasteiger partial charge in [-0.15, -0.1) is 0 Å². The van der Waals surface area contributed by atoms with Crippen LogP contribution in [0.3, 0.4) is 0 Å². The molecule has 4 rings (SSSR count). The number of carboxylic acid groups (broad SMARTS) is 1. The van der Waals surface area contributed by atoms with E-state index in [0.717, 1.165) is 22.3 Å². The molecular weight excluding hydrogens is 292 g/mol. The van der Waals surface area contributed by atoms with Crippen molar-refractivity contribution in [2.45, 2.75) is 18.8 Å². The van der Waals surface area contributed by atoms with Crippen LogP contribution in [0.25, 0.3) is 11.1 Å². The summed E-state index contributed by atoms with van der Waals surface area (Å²) in [5.74, 6) is -1.71. The number of carboxylic acids is 1. The molecule has 116 valence electrons. The normalized spacial score (nSPS) is 17.2. The maximum atomic E-state index is 12.1. The van der Waals surface area contributed by atoms with Crippen molar-refractivity contribution in [3.63, 3.8) is 0 Å². The predicted octanol–water partition coefficient (Wildman–Crippen LogP) is 3.21. The standard InChI is InChI=1S/C19H16O4/c20-17(21)19(9-10-19)18(22)23-11-16-14-7-3-1-5-12(14)13-6-2-4-8-15(13)16/h1-8,16H,9-11H2,(H,20,21). The van der Waals surface area contributed by atoms with Crippen molar-refractivity contribution < 1.29 is 19.4 Å². The van der Waals surface area contributed by atoms with E-state index in [1.165, 1.54) is 0 Å². The van der Waals surface area contributed by atoms with E-state index in [4.69, 9.17) is 4.74 Å². The lowest BCUT2D eigenvalue weighted by Crippen LogP contribution is -2.28. The Kier molecular flexibility index (Phi) is 3.01. The molecule has 2 aromatic carbocycles. The second kappa shape index (κ2) is 4.95. The fraction of sp³-hybridized carbons (Fsp3) is 0.263. The van der Waals surface area contributed by atoms with Crippen molar-refractivity contribution in [1.29, 1.82) is 0 Å². The van der Waals surface area contributed by atoms with E-state index in [1.807, 2.05) is 36.4 Å². The number of ether oxygens (including phenoxy) is 1. The van der Waals surface area contributed by atoms with Gasteiger partial charge in [0.25, 0.3) is 0 Å². The summed E-state index contributed by atoms with van der Waals surface area (Å²) in [5, 5.41) is 9.18. The smallest absolute Gasteiger partial charge is 0.323 e. The van der Waals surface area contributed by atoms with Crippen molar-refractivity contribution in [3.05, 3.63) is 59.7 Å². The summed E-state index contributed by atoms with van der Waals surface area (Å²) in [5.41, 5.74) is 3.27. The number of carbonyl (C=O) groups is 2. The molecule has 4 nitrogen and oxygen atoms in total. The first-order valence-electron chi connectivity index (χ1n) is 7.72. The van der Waals surface area contributed by atoms with E-state index in [2.05, 4.69) is 12.1 Å². The SMILES string of the molecule is O=C(O)C1(C(=O)OCC2c3ccccc3-c3ccccc32)CC1. The summed E-state index contributed by atoms with van der Waals surface area (Å²) in [6.45, 7) is 0.182. The number of carbonyl (C=O) groups excluding carboxylic acids is 1. The number of hydrogen-bond donors (Lipinski definition) is 1. The van der Waals surface area contributed by atoms with Crippen molar-refractivity contribution in [2.24, 2.45) is 5.41 Å². The fourth-order valence-electron chi connectivity index (χ4n) is 3.37. The van der Waals surface area contributed by atoms with Gasteiger partial charge < -0.3 is 9.84 Å². The molecule has 2 aliphatic carbocycles. The van der Waals surface area contributed by atoms with Gasteiger partial charge >= 0.3 is 11.9 Å². The van der Waals surface area contributed by atoms with Crippen LogP contribution < -0.4 is 0 Å². The number of fused-ring (bicyclic) bond motifs is 3. The molecule has 0 unspecified atom stereocenters. The number of benzene rings is 2. The van der Waals surface area contributed by atoms with Gasteiger partial charge in [-0.25, -0.2) is 0 Å². The fourth-order valence-corrected chi connectivity index (χ4v) is 3.37. The van der Waals surface area contributed by atoms with Gasteiger partial charge in [0.2, 0.25) is 0 Å². The van der Waals surface area contributed by atoms with Gasteiger partial charge in [0.15, 0.2) is 5.41 Å². The van der Waals surface area contributed by atoms with E-state index in [9.17, 15) is 14.7 Å². The van der Waals surface area contributed by atoms with E-state index in [0.29, 0.717) is 12.8 Å². The molecule has 1 N–H and O–H groups in total. The third-order valence-corrected chi connectivity index (χ3v) is 4.89. The van der Waals surface area contributed by atoms with Crippen LogP contribution in [-0.2, 0) is 14.3 Å². The van der Waals surface area contributed by atoms with Gasteiger partial charge in [0.1, 0.15) is 6.61 Å². The summed E-state index contributed by atoms with van der Waals surface area (Å²) in [6, 6.07) is 16.1. The Morgan fingerprint density at radius 1 is 1.00 bits per heavy atom. The average Bonchev–Trinajstić information content (AvgIpc) is 3.32. The summed E-state index contributed by atoms with van der Waals surface area (Å²) >= 11 is 0. The Bertz CT molecular complexity index is 759. The van der Waals surface area contributed by atoms with Crippen molar-refractivity contribution >= 4 is 11.9 Å². The van der Waals surface area contributed by atoms with Crippen molar-refractivity contribution in [1.82, 2.24) is 0 Å². The Balaban J connectivity index is 1.60. The van der Waals surface area contributed by atoms with Crippen LogP contribution in [0.5, 0.6) is 0 Å². The molecule has 0 saturated heterocycles. The highest BCUT2D eigenvalue weighted by Crippen LogP contribution is 2.48. The first kappa shape index (κ1) is 14.0. The van der Waals surface area contributed by atoms with Gasteiger partial charge in [-0.3, -0.25) is 9.59 Å². The zero-order chi connectivity index (χ0) is 16.0. The predicted molar refractivity (Wildman–Crippen MR) is 84.0 cm³/mol. The summed E-state index contributed by atoms with van der Waals surface area (Å²) in [6.07, 6.45) is 0.748. The summed E-state index contributed by atoms with van der Waals surface area (Å²) in [4.78, 5) is 23.4. The third-order valence-electron chi connectivity index (χ3n) is 4.89. The lowest BCUT2D eigenvalue weighted by molar-refractivity contribution is -0.161. The van der Waals surface area contributed by atoms with E-state index in [-0.39, 0.29) is 12.5 Å². The minimum absolute atomic E-state index is 0.0315. The molecule has 0 aromatic heterocycles. The highest BCUT2D eigenvalue weighted by Gasteiger charge is 2.58. The number of hydrogen-bond acceptors (Lipinski definition) is 3. The molecule has 1 saturated carbocycles. The molecule has 0 amide bonds. The van der Waals surface area contributed by atoms with Crippen LogP contribution >= 0.6 is 0 Å². The Labute approximate surface area is 133 Å². The van der Waals surface area contributed by atoms with Crippen molar-refractivity contribution in [2.75, 3.05) is 6.61 Å². The Morgan fingerprint density at radius 3 is 2.00 bits per heavy atom. The Morgan fingerprint density at radius 2 is 1.52 bits per heavy atom. The highest BCUT2D eigenvalue weighted by atomic mass is 16.5. The largest absolute Gasteiger partial charge is 0.480 e. The van der Waals surface area contributed by atoms with E-state index < -0.39 is 17.4 Å². The van der Waals surface area contributed by atoms with Gasteiger partial charge in [0.05, 0.1) is 0 Å². The van der Waals surface area contributed by atoms with Crippen LogP contribution in [0.1, 0.15) is 29.9 Å². The Hall–Kier alpha value is -2.62. The lowest BCUT2D eigenvalue weighted by Gasteiger charge is -2.16. The first-order chi connectivity index (χ1) is 11.1. The summed E-state index contributed by atoms with van der Waals surface area (Å²) in [7, 11) is 0. The van der Waals surface area contributed by atoms with E-state index in [1.54, 1.807) is 0 Å². The van der Waals surface area contributed by atoms with Crippen LogP contribution in [0.2, 0.25) is 0 Å². The van der Waals surface area contributed by atoms with Gasteiger partial charge in [-0.05, 0) is 35.1 Å². The van der Waals surface area contributed by atoms with E-state index >= 15 is 0 Å². The minimum atomic E-state index is -1.29. The molecule has 23 heavy (non-hydrogen) atoms. The molecule has 0 heterocycles. The van der Waals surface area contributed by atoms with Crippen LogP contribution in [-0.4, -0.2) is 23.7 Å². The third kappa shape index (κ3) is 2.05. The molecular formula is C19H16O4. The van der Waals surface area contributed by atoms with Gasteiger partial charge in [-0.1, -0.05) is 48.5 Å². The van der Waals surface area contributed by atoms with Crippen LogP contribution in [0.4, 0.5) is 0 Å². The molecule has 0 bridgehead atoms. The molecule has 0 atom stereocenters. The second-order valence-electron chi connectivity index (χ2n) is 6.21. The van der Waals surface area contributed by atoms with Gasteiger partial charge in [-0.2, -0.15) is 0 Å². The molecule has 2 aromatic rings. The molecule has 2 aliphatic rings. The van der Waals surface area contributed by atoms with Crippen LogP contribution in [0.15, 0.2) is 48.5 Å². The average molecular weight is 308 g/mol. The summed E-state index contributed by atoms with van der Waals surface area (Å²) < 4.78 is 5.41. The topological polar surface area (TPSA) is 63.6 Å².